The molecular formula is C14H19N3O. The Balaban J connectivity index is 2.51. The van der Waals surface area contributed by atoms with Crippen LogP contribution in [-0.4, -0.2) is 17.3 Å². The van der Waals surface area contributed by atoms with Crippen LogP contribution in [0.1, 0.15) is 30.9 Å². The van der Waals surface area contributed by atoms with Gasteiger partial charge >= 0.3 is 0 Å². The van der Waals surface area contributed by atoms with Crippen LogP contribution in [0.4, 0.5) is 0 Å². The summed E-state index contributed by atoms with van der Waals surface area (Å²) >= 11 is 0. The van der Waals surface area contributed by atoms with Crippen LogP contribution in [0.2, 0.25) is 0 Å². The Labute approximate surface area is 107 Å². The molecule has 4 heteroatoms. The first kappa shape index (κ1) is 12.6. The molecule has 0 aliphatic heterocycles. The highest BCUT2D eigenvalue weighted by atomic mass is 16.5. The maximum atomic E-state index is 5.70. The molecule has 0 aliphatic rings. The van der Waals surface area contributed by atoms with Gasteiger partial charge in [-0.05, 0) is 23.6 Å². The molecule has 4 nitrogen and oxygen atoms in total. The number of H-pyrrole nitrogens is 1. The van der Waals surface area contributed by atoms with Gasteiger partial charge in [0, 0.05) is 17.7 Å². The number of hydrogen-bond acceptors (Lipinski definition) is 3. The third-order valence-corrected chi connectivity index (χ3v) is 3.10. The van der Waals surface area contributed by atoms with E-state index in [4.69, 9.17) is 10.5 Å². The average Bonchev–Trinajstić information content (AvgIpc) is 2.85. The van der Waals surface area contributed by atoms with Gasteiger partial charge in [0.2, 0.25) is 0 Å². The molecule has 1 aromatic carbocycles. The monoisotopic (exact) mass is 245 g/mol. The van der Waals surface area contributed by atoms with Gasteiger partial charge in [0.1, 0.15) is 5.75 Å². The van der Waals surface area contributed by atoms with Gasteiger partial charge in [0.25, 0.3) is 0 Å². The Morgan fingerprint density at radius 2 is 2.17 bits per heavy atom. The van der Waals surface area contributed by atoms with Gasteiger partial charge in [-0.3, -0.25) is 5.10 Å². The summed E-state index contributed by atoms with van der Waals surface area (Å²) in [5, 5.41) is 7.03. The van der Waals surface area contributed by atoms with Gasteiger partial charge in [0.05, 0.1) is 19.0 Å². The van der Waals surface area contributed by atoms with E-state index in [9.17, 15) is 0 Å². The highest BCUT2D eigenvalue weighted by Crippen LogP contribution is 2.33. The van der Waals surface area contributed by atoms with Crippen molar-refractivity contribution in [3.05, 3.63) is 35.5 Å². The van der Waals surface area contributed by atoms with Crippen molar-refractivity contribution in [3.63, 3.8) is 0 Å². The second-order valence-electron chi connectivity index (χ2n) is 4.59. The number of nitrogens with one attached hydrogen (secondary N) is 1. The van der Waals surface area contributed by atoms with Gasteiger partial charge in [-0.25, -0.2) is 0 Å². The van der Waals surface area contributed by atoms with Crippen molar-refractivity contribution < 1.29 is 4.74 Å². The Kier molecular flexibility index (Phi) is 3.67. The number of nitrogens with zero attached hydrogens (tertiary/aromatic N) is 1. The third kappa shape index (κ3) is 2.24. The summed E-state index contributed by atoms with van der Waals surface area (Å²) in [4.78, 5) is 0. The van der Waals surface area contributed by atoms with Crippen LogP contribution in [0.15, 0.2) is 24.4 Å². The summed E-state index contributed by atoms with van der Waals surface area (Å²) in [7, 11) is 1.68. The molecule has 1 aromatic heterocycles. The van der Waals surface area contributed by atoms with Gasteiger partial charge in [-0.1, -0.05) is 19.9 Å². The number of aromatic amines is 1. The summed E-state index contributed by atoms with van der Waals surface area (Å²) < 4.78 is 5.47. The summed E-state index contributed by atoms with van der Waals surface area (Å²) in [6, 6.07) is 6.24. The second-order valence-corrected chi connectivity index (χ2v) is 4.59. The molecule has 0 radical (unpaired) electrons. The van der Waals surface area contributed by atoms with Crippen molar-refractivity contribution in [2.45, 2.75) is 26.3 Å². The fraction of sp³-hybridized carbons (Fsp3) is 0.357. The standard InChI is InChI=1S/C14H19N3O/c1-9(2)10-4-5-12(13(6-10)18-3)14-11(7-15)8-16-17-14/h4-6,8-9H,7,15H2,1-3H3,(H,16,17). The number of benzene rings is 1. The molecule has 0 spiro atoms. The smallest absolute Gasteiger partial charge is 0.128 e. The van der Waals surface area contributed by atoms with Crippen LogP contribution >= 0.6 is 0 Å². The molecule has 0 amide bonds. The van der Waals surface area contributed by atoms with E-state index in [0.29, 0.717) is 12.5 Å². The molecule has 0 saturated heterocycles. The fourth-order valence-corrected chi connectivity index (χ4v) is 1.97. The first-order chi connectivity index (χ1) is 8.67. The number of hydrogen-bond donors (Lipinski definition) is 2. The second kappa shape index (κ2) is 5.23. The summed E-state index contributed by atoms with van der Waals surface area (Å²) in [5.41, 5.74) is 9.88. The molecular weight excluding hydrogens is 226 g/mol. The molecule has 3 N–H and O–H groups in total. The van der Waals surface area contributed by atoms with E-state index in [1.54, 1.807) is 13.3 Å². The highest BCUT2D eigenvalue weighted by Gasteiger charge is 2.13. The summed E-state index contributed by atoms with van der Waals surface area (Å²) in [6.45, 7) is 4.78. The van der Waals surface area contributed by atoms with Crippen LogP contribution < -0.4 is 10.5 Å². The molecule has 0 fully saturated rings. The Morgan fingerprint density at radius 3 is 2.78 bits per heavy atom. The van der Waals surface area contributed by atoms with Crippen molar-refractivity contribution in [1.82, 2.24) is 10.2 Å². The van der Waals surface area contributed by atoms with Gasteiger partial charge in [-0.15, -0.1) is 0 Å². The van der Waals surface area contributed by atoms with E-state index >= 15 is 0 Å². The van der Waals surface area contributed by atoms with E-state index in [2.05, 4.69) is 42.2 Å². The normalized spacial score (nSPS) is 10.9. The molecule has 0 aliphatic carbocycles. The summed E-state index contributed by atoms with van der Waals surface area (Å²) in [6.07, 6.45) is 1.76. The molecule has 2 aromatic rings. The van der Waals surface area contributed by atoms with Crippen LogP contribution in [-0.2, 0) is 6.54 Å². The van der Waals surface area contributed by atoms with E-state index in [0.717, 1.165) is 22.6 Å². The van der Waals surface area contributed by atoms with Crippen LogP contribution in [0.3, 0.4) is 0 Å². The van der Waals surface area contributed by atoms with E-state index in [1.165, 1.54) is 5.56 Å². The quantitative estimate of drug-likeness (QED) is 0.870. The van der Waals surface area contributed by atoms with Gasteiger partial charge < -0.3 is 10.5 Å². The molecule has 0 atom stereocenters. The van der Waals surface area contributed by atoms with Crippen molar-refractivity contribution >= 4 is 0 Å². The number of ether oxygens (including phenoxy) is 1. The maximum absolute atomic E-state index is 5.70. The molecule has 18 heavy (non-hydrogen) atoms. The zero-order valence-corrected chi connectivity index (χ0v) is 11.0. The highest BCUT2D eigenvalue weighted by molar-refractivity contribution is 5.70. The van der Waals surface area contributed by atoms with Crippen molar-refractivity contribution in [3.8, 4) is 17.0 Å². The average molecular weight is 245 g/mol. The molecule has 96 valence electrons. The number of methoxy groups -OCH3 is 1. The summed E-state index contributed by atoms with van der Waals surface area (Å²) in [5.74, 6) is 1.32. The van der Waals surface area contributed by atoms with E-state index in [1.807, 2.05) is 0 Å². The Bertz CT molecular complexity index is 532. The predicted molar refractivity (Wildman–Crippen MR) is 72.6 cm³/mol. The zero-order valence-electron chi connectivity index (χ0n) is 11.0. The third-order valence-electron chi connectivity index (χ3n) is 3.10. The minimum atomic E-state index is 0.459. The fourth-order valence-electron chi connectivity index (χ4n) is 1.97. The lowest BCUT2D eigenvalue weighted by Crippen LogP contribution is -1.98. The Morgan fingerprint density at radius 1 is 1.39 bits per heavy atom. The van der Waals surface area contributed by atoms with Gasteiger partial charge in [-0.2, -0.15) is 5.10 Å². The predicted octanol–water partition coefficient (Wildman–Crippen LogP) is 2.67. The molecule has 0 bridgehead atoms. The topological polar surface area (TPSA) is 63.9 Å². The van der Waals surface area contributed by atoms with Crippen molar-refractivity contribution in [2.75, 3.05) is 7.11 Å². The lowest BCUT2D eigenvalue weighted by atomic mass is 9.99. The Hall–Kier alpha value is -1.81. The van der Waals surface area contributed by atoms with Crippen molar-refractivity contribution in [1.29, 1.82) is 0 Å². The van der Waals surface area contributed by atoms with Crippen LogP contribution in [0.5, 0.6) is 5.75 Å². The number of rotatable bonds is 4. The SMILES string of the molecule is COc1cc(C(C)C)ccc1-c1[nH]ncc1CN. The minimum Gasteiger partial charge on any atom is -0.496 e. The maximum Gasteiger partial charge on any atom is 0.128 e. The lowest BCUT2D eigenvalue weighted by Gasteiger charge is -2.12. The van der Waals surface area contributed by atoms with Crippen LogP contribution in [0.25, 0.3) is 11.3 Å². The minimum absolute atomic E-state index is 0.459. The number of nitrogens with two attached hydrogens (primary N) is 1. The molecule has 0 saturated carbocycles. The first-order valence-electron chi connectivity index (χ1n) is 6.08. The molecule has 2 rings (SSSR count). The molecule has 0 unspecified atom stereocenters. The van der Waals surface area contributed by atoms with Crippen LogP contribution in [0, 0.1) is 0 Å². The van der Waals surface area contributed by atoms with Crippen molar-refractivity contribution in [2.24, 2.45) is 5.73 Å². The van der Waals surface area contributed by atoms with E-state index in [-0.39, 0.29) is 0 Å². The van der Waals surface area contributed by atoms with Gasteiger partial charge in [0.15, 0.2) is 0 Å². The number of aromatic nitrogens is 2. The largest absolute Gasteiger partial charge is 0.496 e. The molecule has 1 heterocycles. The first-order valence-corrected chi connectivity index (χ1v) is 6.08. The van der Waals surface area contributed by atoms with E-state index < -0.39 is 0 Å². The lowest BCUT2D eigenvalue weighted by molar-refractivity contribution is 0.415. The zero-order chi connectivity index (χ0) is 13.1.